The van der Waals surface area contributed by atoms with E-state index in [9.17, 15) is 0 Å². The van der Waals surface area contributed by atoms with Crippen molar-refractivity contribution in [3.8, 4) is 22.4 Å². The summed E-state index contributed by atoms with van der Waals surface area (Å²) in [5.41, 5.74) is 4.46. The molecule has 0 bridgehead atoms. The second kappa shape index (κ2) is 6.53. The smallest absolute Gasteiger partial charge is 0.0703 e. The maximum Gasteiger partial charge on any atom is 0.0703 e. The van der Waals surface area contributed by atoms with Crippen LogP contribution in [0.2, 0.25) is 5.02 Å². The third kappa shape index (κ3) is 2.87. The molecule has 0 unspecified atom stereocenters. The van der Waals surface area contributed by atoms with Crippen LogP contribution in [0.3, 0.4) is 0 Å². The zero-order valence-electron chi connectivity index (χ0n) is 14.6. The summed E-state index contributed by atoms with van der Waals surface area (Å²) in [5, 5.41) is 5.76. The minimum absolute atomic E-state index is 0.651. The number of fused-ring (bicyclic) bond motifs is 3. The Morgan fingerprint density at radius 2 is 1.26 bits per heavy atom. The molecule has 0 aliphatic carbocycles. The first-order valence-electron chi connectivity index (χ1n) is 8.92. The Hall–Kier alpha value is -3.16. The van der Waals surface area contributed by atoms with Crippen LogP contribution in [-0.4, -0.2) is 4.98 Å². The molecule has 0 amide bonds. The van der Waals surface area contributed by atoms with Gasteiger partial charge in [-0.25, -0.2) is 0 Å². The summed E-state index contributed by atoms with van der Waals surface area (Å²) in [6.45, 7) is 0. The van der Waals surface area contributed by atoms with Crippen molar-refractivity contribution < 1.29 is 0 Å². The van der Waals surface area contributed by atoms with Gasteiger partial charge in [0.05, 0.1) is 10.7 Å². The maximum absolute atomic E-state index is 5.95. The van der Waals surface area contributed by atoms with Crippen LogP contribution in [0.5, 0.6) is 0 Å². The zero-order valence-corrected chi connectivity index (χ0v) is 15.3. The van der Waals surface area contributed by atoms with Gasteiger partial charge in [0.15, 0.2) is 0 Å². The van der Waals surface area contributed by atoms with Crippen LogP contribution in [0, 0.1) is 0 Å². The molecular formula is C25H16ClN. The lowest BCUT2D eigenvalue weighted by molar-refractivity contribution is 1.33. The molecule has 0 radical (unpaired) electrons. The zero-order chi connectivity index (χ0) is 18.2. The van der Waals surface area contributed by atoms with E-state index in [0.29, 0.717) is 5.02 Å². The number of rotatable bonds is 2. The molecular weight excluding hydrogens is 350 g/mol. The summed E-state index contributed by atoms with van der Waals surface area (Å²) in [7, 11) is 0. The number of pyridine rings is 1. The largest absolute Gasteiger partial charge is 0.255 e. The van der Waals surface area contributed by atoms with Crippen molar-refractivity contribution in [1.29, 1.82) is 0 Å². The van der Waals surface area contributed by atoms with E-state index in [2.05, 4.69) is 83.8 Å². The van der Waals surface area contributed by atoms with Gasteiger partial charge in [-0.2, -0.15) is 0 Å². The lowest BCUT2D eigenvalue weighted by atomic mass is 9.93. The van der Waals surface area contributed by atoms with Crippen LogP contribution in [0.1, 0.15) is 0 Å². The van der Waals surface area contributed by atoms with E-state index < -0.39 is 0 Å². The molecule has 4 aromatic carbocycles. The molecule has 128 valence electrons. The van der Waals surface area contributed by atoms with Crippen LogP contribution >= 0.6 is 11.6 Å². The Morgan fingerprint density at radius 1 is 0.593 bits per heavy atom. The molecule has 1 heterocycles. The minimum atomic E-state index is 0.651. The van der Waals surface area contributed by atoms with Crippen molar-refractivity contribution in [2.45, 2.75) is 0 Å². The third-order valence-electron chi connectivity index (χ3n) is 4.99. The van der Waals surface area contributed by atoms with Crippen molar-refractivity contribution in [3.63, 3.8) is 0 Å². The van der Waals surface area contributed by atoms with E-state index in [1.54, 1.807) is 6.20 Å². The molecule has 0 spiro atoms. The molecule has 2 heteroatoms. The van der Waals surface area contributed by atoms with Gasteiger partial charge < -0.3 is 0 Å². The fourth-order valence-electron chi connectivity index (χ4n) is 3.66. The topological polar surface area (TPSA) is 12.9 Å². The first-order valence-corrected chi connectivity index (χ1v) is 9.30. The SMILES string of the molecule is Clc1ccc(-c2ccc(-c3cc4ccccc4c4ccccc34)cc2)nc1. The second-order valence-corrected chi connectivity index (χ2v) is 7.07. The van der Waals surface area contributed by atoms with Gasteiger partial charge in [0.25, 0.3) is 0 Å². The standard InChI is InChI=1S/C25H16ClN/c26-20-13-14-25(27-16-20)18-11-9-17(10-12-18)24-15-19-5-1-2-6-21(19)22-7-3-4-8-23(22)24/h1-16H. The van der Waals surface area contributed by atoms with Crippen molar-refractivity contribution in [3.05, 3.63) is 102 Å². The van der Waals surface area contributed by atoms with E-state index >= 15 is 0 Å². The lowest BCUT2D eigenvalue weighted by Gasteiger charge is -2.11. The molecule has 0 saturated carbocycles. The third-order valence-corrected chi connectivity index (χ3v) is 5.21. The van der Waals surface area contributed by atoms with Crippen LogP contribution in [-0.2, 0) is 0 Å². The summed E-state index contributed by atoms with van der Waals surface area (Å²) in [5.74, 6) is 0. The van der Waals surface area contributed by atoms with Crippen LogP contribution in [0.25, 0.3) is 43.9 Å². The Kier molecular flexibility index (Phi) is 3.88. The predicted octanol–water partition coefficient (Wildman–Crippen LogP) is 7.38. The first kappa shape index (κ1) is 16.0. The van der Waals surface area contributed by atoms with Crippen LogP contribution in [0.15, 0.2) is 97.2 Å². The summed E-state index contributed by atoms with van der Waals surface area (Å²) >= 11 is 5.95. The van der Waals surface area contributed by atoms with Gasteiger partial charge in [0, 0.05) is 11.8 Å². The number of hydrogen-bond donors (Lipinski definition) is 0. The highest BCUT2D eigenvalue weighted by Gasteiger charge is 2.08. The Bertz CT molecular complexity index is 1260. The average molecular weight is 366 g/mol. The molecule has 1 nitrogen and oxygen atoms in total. The predicted molar refractivity (Wildman–Crippen MR) is 115 cm³/mol. The van der Waals surface area contributed by atoms with E-state index in [1.807, 2.05) is 12.1 Å². The molecule has 0 aliphatic heterocycles. The normalized spacial score (nSPS) is 11.1. The maximum atomic E-state index is 5.95. The van der Waals surface area contributed by atoms with E-state index in [0.717, 1.165) is 11.3 Å². The van der Waals surface area contributed by atoms with Gasteiger partial charge >= 0.3 is 0 Å². The van der Waals surface area contributed by atoms with Gasteiger partial charge in [-0.3, -0.25) is 4.98 Å². The summed E-state index contributed by atoms with van der Waals surface area (Å²) in [4.78, 5) is 4.41. The van der Waals surface area contributed by atoms with E-state index in [1.165, 1.54) is 32.7 Å². The fourth-order valence-corrected chi connectivity index (χ4v) is 3.77. The van der Waals surface area contributed by atoms with Gasteiger partial charge in [0.1, 0.15) is 0 Å². The molecule has 0 atom stereocenters. The molecule has 1 aromatic heterocycles. The molecule has 0 aliphatic rings. The number of benzene rings is 4. The molecule has 0 saturated heterocycles. The Labute approximate surface area is 162 Å². The fraction of sp³-hybridized carbons (Fsp3) is 0. The quantitative estimate of drug-likeness (QED) is 0.297. The number of halogens is 1. The molecule has 0 N–H and O–H groups in total. The lowest BCUT2D eigenvalue weighted by Crippen LogP contribution is -1.86. The molecule has 27 heavy (non-hydrogen) atoms. The number of aromatic nitrogens is 1. The van der Waals surface area contributed by atoms with E-state index in [-0.39, 0.29) is 0 Å². The second-order valence-electron chi connectivity index (χ2n) is 6.63. The van der Waals surface area contributed by atoms with Crippen molar-refractivity contribution in [2.24, 2.45) is 0 Å². The highest BCUT2D eigenvalue weighted by atomic mass is 35.5. The highest BCUT2D eigenvalue weighted by Crippen LogP contribution is 2.35. The Morgan fingerprint density at radius 3 is 2.00 bits per heavy atom. The molecule has 5 aromatic rings. The average Bonchev–Trinajstić information content (AvgIpc) is 2.74. The van der Waals surface area contributed by atoms with Gasteiger partial charge in [0.2, 0.25) is 0 Å². The van der Waals surface area contributed by atoms with Gasteiger partial charge in [-0.15, -0.1) is 0 Å². The monoisotopic (exact) mass is 365 g/mol. The minimum Gasteiger partial charge on any atom is -0.255 e. The van der Waals surface area contributed by atoms with Gasteiger partial charge in [-0.05, 0) is 50.9 Å². The first-order chi connectivity index (χ1) is 13.3. The van der Waals surface area contributed by atoms with Crippen molar-refractivity contribution in [2.75, 3.05) is 0 Å². The summed E-state index contributed by atoms with van der Waals surface area (Å²) in [6, 6.07) is 31.9. The van der Waals surface area contributed by atoms with E-state index in [4.69, 9.17) is 11.6 Å². The van der Waals surface area contributed by atoms with Crippen molar-refractivity contribution >= 4 is 33.1 Å². The van der Waals surface area contributed by atoms with Gasteiger partial charge in [-0.1, -0.05) is 84.4 Å². The molecule has 0 fully saturated rings. The van der Waals surface area contributed by atoms with Crippen LogP contribution < -0.4 is 0 Å². The summed E-state index contributed by atoms with van der Waals surface area (Å²) in [6.07, 6.45) is 1.68. The Balaban J connectivity index is 1.67. The number of nitrogens with zero attached hydrogens (tertiary/aromatic N) is 1. The number of hydrogen-bond acceptors (Lipinski definition) is 1. The molecule has 5 rings (SSSR count). The van der Waals surface area contributed by atoms with Crippen LogP contribution in [0.4, 0.5) is 0 Å². The van der Waals surface area contributed by atoms with Crippen molar-refractivity contribution in [1.82, 2.24) is 4.98 Å². The highest BCUT2D eigenvalue weighted by molar-refractivity contribution is 6.30. The summed E-state index contributed by atoms with van der Waals surface area (Å²) < 4.78 is 0.